The number of esters is 1. The minimum absolute atomic E-state index is 0.113. The second-order valence-corrected chi connectivity index (χ2v) is 4.71. The van der Waals surface area contributed by atoms with E-state index in [0.717, 1.165) is 6.07 Å². The molecule has 0 spiro atoms. The molecule has 1 N–H and O–H groups in total. The monoisotopic (exact) mass is 291 g/mol. The number of nitrogens with one attached hydrogen (secondary N) is 1. The minimum Gasteiger partial charge on any atom is -0.467 e. The van der Waals surface area contributed by atoms with Gasteiger partial charge in [-0.15, -0.1) is 0 Å². The number of halogens is 2. The molecule has 0 amide bonds. The second kappa shape index (κ2) is 5.91. The number of methoxy groups -OCH3 is 1. The Morgan fingerprint density at radius 2 is 1.76 bits per heavy atom. The van der Waals surface area contributed by atoms with E-state index in [1.54, 1.807) is 24.3 Å². The lowest BCUT2D eigenvalue weighted by molar-refractivity contribution is -0.145. The van der Waals surface area contributed by atoms with Gasteiger partial charge in [0.15, 0.2) is 17.2 Å². The minimum atomic E-state index is -1.54. The van der Waals surface area contributed by atoms with Gasteiger partial charge < -0.3 is 10.1 Å². The molecule has 21 heavy (non-hydrogen) atoms. The van der Waals surface area contributed by atoms with Crippen LogP contribution in [0, 0.1) is 11.6 Å². The predicted molar refractivity (Wildman–Crippen MR) is 75.8 cm³/mol. The molecule has 2 rings (SSSR count). The van der Waals surface area contributed by atoms with Crippen LogP contribution in [0.1, 0.15) is 12.5 Å². The summed E-state index contributed by atoms with van der Waals surface area (Å²) in [4.78, 5) is 12.1. The molecular formula is C16H15F2NO2. The van der Waals surface area contributed by atoms with Crippen LogP contribution in [-0.2, 0) is 15.1 Å². The van der Waals surface area contributed by atoms with Gasteiger partial charge in [0.1, 0.15) is 0 Å². The molecule has 1 atom stereocenters. The summed E-state index contributed by atoms with van der Waals surface area (Å²) in [7, 11) is 1.20. The molecule has 0 saturated heterocycles. The molecular weight excluding hydrogens is 276 g/mol. The van der Waals surface area contributed by atoms with Gasteiger partial charge in [0.2, 0.25) is 0 Å². The summed E-state index contributed by atoms with van der Waals surface area (Å²) in [6.07, 6.45) is 0. The van der Waals surface area contributed by atoms with Crippen molar-refractivity contribution in [1.82, 2.24) is 0 Å². The third-order valence-corrected chi connectivity index (χ3v) is 3.25. The van der Waals surface area contributed by atoms with Crippen LogP contribution >= 0.6 is 0 Å². The van der Waals surface area contributed by atoms with Crippen molar-refractivity contribution in [2.75, 3.05) is 12.4 Å². The van der Waals surface area contributed by atoms with Gasteiger partial charge in [-0.05, 0) is 25.1 Å². The molecule has 0 aliphatic heterocycles. The summed E-state index contributed by atoms with van der Waals surface area (Å²) < 4.78 is 32.3. The van der Waals surface area contributed by atoms with Crippen LogP contribution in [0.4, 0.5) is 14.5 Å². The molecule has 110 valence electrons. The highest BCUT2D eigenvalue weighted by atomic mass is 19.2. The van der Waals surface area contributed by atoms with Gasteiger partial charge in [0.25, 0.3) is 0 Å². The number of anilines is 1. The van der Waals surface area contributed by atoms with Gasteiger partial charge >= 0.3 is 5.97 Å². The quantitative estimate of drug-likeness (QED) is 0.877. The van der Waals surface area contributed by atoms with Crippen LogP contribution in [0.5, 0.6) is 0 Å². The molecule has 0 aliphatic carbocycles. The van der Waals surface area contributed by atoms with Crippen molar-refractivity contribution in [2.45, 2.75) is 12.5 Å². The maximum absolute atomic E-state index is 14.1. The number of ether oxygens (including phenoxy) is 1. The van der Waals surface area contributed by atoms with Crippen molar-refractivity contribution in [1.29, 1.82) is 0 Å². The first-order chi connectivity index (χ1) is 9.99. The summed E-state index contributed by atoms with van der Waals surface area (Å²) in [5.41, 5.74) is -1.06. The molecule has 0 fully saturated rings. The Hall–Kier alpha value is -2.43. The van der Waals surface area contributed by atoms with Gasteiger partial charge in [-0.3, -0.25) is 0 Å². The van der Waals surface area contributed by atoms with E-state index < -0.39 is 23.1 Å². The molecule has 5 heteroatoms. The molecule has 0 saturated carbocycles. The van der Waals surface area contributed by atoms with E-state index in [4.69, 9.17) is 4.74 Å². The van der Waals surface area contributed by atoms with Crippen molar-refractivity contribution in [3.63, 3.8) is 0 Å². The van der Waals surface area contributed by atoms with Crippen LogP contribution in [0.25, 0.3) is 0 Å². The predicted octanol–water partition coefficient (Wildman–Crippen LogP) is 3.47. The maximum Gasteiger partial charge on any atom is 0.336 e. The van der Waals surface area contributed by atoms with Crippen molar-refractivity contribution >= 4 is 11.7 Å². The number of hydrogen-bond acceptors (Lipinski definition) is 3. The van der Waals surface area contributed by atoms with Crippen LogP contribution in [0.2, 0.25) is 0 Å². The molecule has 0 aliphatic rings. The summed E-state index contributed by atoms with van der Waals surface area (Å²) >= 11 is 0. The number of carbonyl (C=O) groups is 1. The molecule has 0 bridgehead atoms. The van der Waals surface area contributed by atoms with E-state index in [1.165, 1.54) is 26.2 Å². The van der Waals surface area contributed by atoms with Crippen LogP contribution in [-0.4, -0.2) is 13.1 Å². The zero-order valence-corrected chi connectivity index (χ0v) is 11.7. The fraction of sp³-hybridized carbons (Fsp3) is 0.188. The Bertz CT molecular complexity index is 646. The zero-order chi connectivity index (χ0) is 15.5. The van der Waals surface area contributed by atoms with Crippen molar-refractivity contribution in [3.05, 3.63) is 65.7 Å². The lowest BCUT2D eigenvalue weighted by Crippen LogP contribution is -2.42. The van der Waals surface area contributed by atoms with Crippen LogP contribution in [0.3, 0.4) is 0 Å². The summed E-state index contributed by atoms with van der Waals surface area (Å²) in [6, 6.07) is 12.5. The van der Waals surface area contributed by atoms with Gasteiger partial charge in [-0.25, -0.2) is 13.6 Å². The third kappa shape index (κ3) is 2.86. The number of benzene rings is 2. The Morgan fingerprint density at radius 3 is 2.38 bits per heavy atom. The largest absolute Gasteiger partial charge is 0.467 e. The van der Waals surface area contributed by atoms with E-state index >= 15 is 0 Å². The van der Waals surface area contributed by atoms with Gasteiger partial charge in [0.05, 0.1) is 7.11 Å². The number of rotatable bonds is 4. The fourth-order valence-corrected chi connectivity index (χ4v) is 2.13. The van der Waals surface area contributed by atoms with Crippen LogP contribution < -0.4 is 5.32 Å². The normalized spacial score (nSPS) is 13.3. The topological polar surface area (TPSA) is 38.3 Å². The number of carbonyl (C=O) groups excluding carboxylic acids is 1. The first kappa shape index (κ1) is 15.0. The number of hydrogen-bond donors (Lipinski definition) is 1. The van der Waals surface area contributed by atoms with Gasteiger partial charge in [-0.1, -0.05) is 30.3 Å². The highest BCUT2D eigenvalue weighted by molar-refractivity contribution is 5.85. The van der Waals surface area contributed by atoms with E-state index in [1.807, 2.05) is 6.07 Å². The SMILES string of the molecule is COC(=O)C(C)(Nc1ccccc1)c1cccc(F)c1F. The molecule has 0 heterocycles. The molecule has 1 unspecified atom stereocenters. The lowest BCUT2D eigenvalue weighted by atomic mass is 9.91. The van der Waals surface area contributed by atoms with Crippen LogP contribution in [0.15, 0.2) is 48.5 Å². The third-order valence-electron chi connectivity index (χ3n) is 3.25. The fourth-order valence-electron chi connectivity index (χ4n) is 2.13. The van der Waals surface area contributed by atoms with Crippen molar-refractivity contribution < 1.29 is 18.3 Å². The molecule has 2 aromatic carbocycles. The molecule has 2 aromatic rings. The summed E-state index contributed by atoms with van der Waals surface area (Å²) in [5.74, 6) is -2.80. The first-order valence-electron chi connectivity index (χ1n) is 6.35. The van der Waals surface area contributed by atoms with E-state index in [-0.39, 0.29) is 5.56 Å². The van der Waals surface area contributed by atoms with E-state index in [0.29, 0.717) is 5.69 Å². The Balaban J connectivity index is 2.52. The zero-order valence-electron chi connectivity index (χ0n) is 11.7. The first-order valence-corrected chi connectivity index (χ1v) is 6.35. The molecule has 0 aromatic heterocycles. The summed E-state index contributed by atoms with van der Waals surface area (Å²) in [5, 5.41) is 2.91. The maximum atomic E-state index is 14.1. The second-order valence-electron chi connectivity index (χ2n) is 4.71. The van der Waals surface area contributed by atoms with Crippen molar-refractivity contribution in [2.24, 2.45) is 0 Å². The Morgan fingerprint density at radius 1 is 1.10 bits per heavy atom. The van der Waals surface area contributed by atoms with Crippen molar-refractivity contribution in [3.8, 4) is 0 Å². The highest BCUT2D eigenvalue weighted by Crippen LogP contribution is 2.30. The average Bonchev–Trinajstić information content (AvgIpc) is 2.50. The van der Waals surface area contributed by atoms with Gasteiger partial charge in [-0.2, -0.15) is 0 Å². The molecule has 0 radical (unpaired) electrons. The average molecular weight is 291 g/mol. The Labute approximate surface area is 121 Å². The van der Waals surface area contributed by atoms with Gasteiger partial charge in [0, 0.05) is 11.3 Å². The number of para-hydroxylation sites is 1. The smallest absolute Gasteiger partial charge is 0.336 e. The Kier molecular flexibility index (Phi) is 4.21. The highest BCUT2D eigenvalue weighted by Gasteiger charge is 2.39. The summed E-state index contributed by atoms with van der Waals surface area (Å²) in [6.45, 7) is 1.45. The lowest BCUT2D eigenvalue weighted by Gasteiger charge is -2.30. The van der Waals surface area contributed by atoms with E-state index in [9.17, 15) is 13.6 Å². The molecule has 3 nitrogen and oxygen atoms in total. The standard InChI is InChI=1S/C16H15F2NO2/c1-16(15(20)21-2,19-11-7-4-3-5-8-11)12-9-6-10-13(17)14(12)18/h3-10,19H,1-2H3. The van der Waals surface area contributed by atoms with E-state index in [2.05, 4.69) is 5.32 Å².